The van der Waals surface area contributed by atoms with E-state index in [2.05, 4.69) is 44.6 Å². The minimum Gasteiger partial charge on any atom is -0.364 e. The Balaban J connectivity index is 1.77. The van der Waals surface area contributed by atoms with Gasteiger partial charge in [-0.2, -0.15) is 4.98 Å². The number of benzene rings is 1. The molecule has 1 aromatic heterocycles. The Hall–Kier alpha value is -3.49. The lowest BCUT2D eigenvalue weighted by Gasteiger charge is -2.22. The Morgan fingerprint density at radius 2 is 2.00 bits per heavy atom. The van der Waals surface area contributed by atoms with Crippen LogP contribution >= 0.6 is 0 Å². The average molecular weight is 395 g/mol. The van der Waals surface area contributed by atoms with Gasteiger partial charge in [0.15, 0.2) is 11.5 Å². The van der Waals surface area contributed by atoms with Gasteiger partial charge in [0.2, 0.25) is 11.9 Å². The number of aryl methyl sites for hydroxylation is 1. The van der Waals surface area contributed by atoms with Gasteiger partial charge in [0.1, 0.15) is 0 Å². The van der Waals surface area contributed by atoms with E-state index >= 15 is 0 Å². The second-order valence-corrected chi connectivity index (χ2v) is 7.20. The number of carbonyl (C=O) groups excluding carboxylic acids is 2. The first-order chi connectivity index (χ1) is 13.9. The SMILES string of the molecule is C=CC(=O)NC1CC[C@@H](Nc2nnc(C(N)=O)c(Nc3cccc(C)c3)n2)[C@H]1C. The van der Waals surface area contributed by atoms with E-state index in [0.717, 1.165) is 24.1 Å². The summed E-state index contributed by atoms with van der Waals surface area (Å²) in [6, 6.07) is 7.74. The van der Waals surface area contributed by atoms with E-state index in [1.807, 2.05) is 31.2 Å². The van der Waals surface area contributed by atoms with Gasteiger partial charge < -0.3 is 21.7 Å². The van der Waals surface area contributed by atoms with Crippen molar-refractivity contribution in [3.63, 3.8) is 0 Å². The number of rotatable bonds is 7. The number of nitrogens with zero attached hydrogens (tertiary/aromatic N) is 3. The summed E-state index contributed by atoms with van der Waals surface area (Å²) in [5, 5.41) is 17.2. The van der Waals surface area contributed by atoms with Crippen molar-refractivity contribution in [3.05, 3.63) is 48.2 Å². The third kappa shape index (κ3) is 4.87. The second-order valence-electron chi connectivity index (χ2n) is 7.20. The van der Waals surface area contributed by atoms with E-state index in [4.69, 9.17) is 5.73 Å². The highest BCUT2D eigenvalue weighted by Gasteiger charge is 2.34. The van der Waals surface area contributed by atoms with Gasteiger partial charge in [-0.15, -0.1) is 10.2 Å². The molecule has 0 saturated heterocycles. The number of nitrogens with one attached hydrogen (secondary N) is 3. The van der Waals surface area contributed by atoms with Gasteiger partial charge in [0.05, 0.1) is 0 Å². The monoisotopic (exact) mass is 395 g/mol. The average Bonchev–Trinajstić information content (AvgIpc) is 3.01. The van der Waals surface area contributed by atoms with Gasteiger partial charge >= 0.3 is 0 Å². The molecule has 1 aliphatic carbocycles. The number of amides is 2. The fourth-order valence-electron chi connectivity index (χ4n) is 3.48. The second kappa shape index (κ2) is 8.68. The lowest BCUT2D eigenvalue weighted by Crippen LogP contribution is -2.39. The Kier molecular flexibility index (Phi) is 6.06. The molecule has 9 heteroatoms. The first-order valence-electron chi connectivity index (χ1n) is 9.45. The number of carbonyl (C=O) groups is 2. The number of hydrogen-bond acceptors (Lipinski definition) is 7. The standard InChI is InChI=1S/C20H25N7O2/c1-4-16(28)23-14-8-9-15(12(14)3)24-20-25-19(17(18(21)29)26-27-20)22-13-7-5-6-11(2)10-13/h4-7,10,12,14-15H,1,8-9H2,2-3H3,(H2,21,29)(H,23,28)(H2,22,24,25,27)/t12-,14?,15+/m0/s1. The molecule has 0 radical (unpaired) electrons. The minimum atomic E-state index is -0.715. The summed E-state index contributed by atoms with van der Waals surface area (Å²) >= 11 is 0. The molecule has 1 unspecified atom stereocenters. The van der Waals surface area contributed by atoms with Crippen molar-refractivity contribution in [2.45, 2.75) is 38.8 Å². The molecular formula is C20H25N7O2. The highest BCUT2D eigenvalue weighted by molar-refractivity contribution is 5.96. The van der Waals surface area contributed by atoms with Crippen molar-refractivity contribution >= 4 is 29.3 Å². The lowest BCUT2D eigenvalue weighted by molar-refractivity contribution is -0.117. The molecule has 9 nitrogen and oxygen atoms in total. The maximum Gasteiger partial charge on any atom is 0.273 e. The van der Waals surface area contributed by atoms with E-state index in [9.17, 15) is 9.59 Å². The number of primary amides is 1. The molecule has 2 aromatic rings. The summed E-state index contributed by atoms with van der Waals surface area (Å²) in [5.74, 6) is -0.212. The number of anilines is 3. The zero-order valence-electron chi connectivity index (χ0n) is 16.5. The van der Waals surface area contributed by atoms with E-state index < -0.39 is 5.91 Å². The van der Waals surface area contributed by atoms with Crippen LogP contribution in [0.15, 0.2) is 36.9 Å². The Bertz CT molecular complexity index is 931. The molecule has 3 atom stereocenters. The summed E-state index contributed by atoms with van der Waals surface area (Å²) in [7, 11) is 0. The molecular weight excluding hydrogens is 370 g/mol. The van der Waals surface area contributed by atoms with Crippen LogP contribution in [0.2, 0.25) is 0 Å². The molecule has 1 fully saturated rings. The van der Waals surface area contributed by atoms with Crippen LogP contribution in [0.5, 0.6) is 0 Å². The first-order valence-corrected chi connectivity index (χ1v) is 9.45. The van der Waals surface area contributed by atoms with Crippen molar-refractivity contribution in [2.24, 2.45) is 11.7 Å². The third-order valence-electron chi connectivity index (χ3n) is 5.09. The molecule has 29 heavy (non-hydrogen) atoms. The van der Waals surface area contributed by atoms with Gasteiger partial charge in [-0.3, -0.25) is 9.59 Å². The van der Waals surface area contributed by atoms with Crippen LogP contribution in [0.25, 0.3) is 0 Å². The van der Waals surface area contributed by atoms with E-state index in [1.165, 1.54) is 6.08 Å². The van der Waals surface area contributed by atoms with Crippen molar-refractivity contribution in [2.75, 3.05) is 10.6 Å². The molecule has 1 heterocycles. The molecule has 0 aliphatic heterocycles. The van der Waals surface area contributed by atoms with Crippen molar-refractivity contribution in [3.8, 4) is 0 Å². The maximum absolute atomic E-state index is 11.7. The van der Waals surface area contributed by atoms with E-state index in [1.54, 1.807) is 0 Å². The van der Waals surface area contributed by atoms with Gasteiger partial charge in [-0.1, -0.05) is 25.6 Å². The summed E-state index contributed by atoms with van der Waals surface area (Å²) in [4.78, 5) is 27.7. The van der Waals surface area contributed by atoms with Crippen LogP contribution < -0.4 is 21.7 Å². The molecule has 5 N–H and O–H groups in total. The highest BCUT2D eigenvalue weighted by atomic mass is 16.2. The molecule has 1 saturated carbocycles. The molecule has 2 amide bonds. The predicted octanol–water partition coefficient (Wildman–Crippen LogP) is 1.90. The Morgan fingerprint density at radius 1 is 1.24 bits per heavy atom. The van der Waals surface area contributed by atoms with E-state index in [-0.39, 0.29) is 41.4 Å². The zero-order valence-corrected chi connectivity index (χ0v) is 16.5. The Morgan fingerprint density at radius 3 is 2.69 bits per heavy atom. The highest BCUT2D eigenvalue weighted by Crippen LogP contribution is 2.28. The normalized spacial score (nSPS) is 20.7. The fraction of sp³-hybridized carbons (Fsp3) is 0.350. The van der Waals surface area contributed by atoms with E-state index in [0.29, 0.717) is 0 Å². The molecule has 0 bridgehead atoms. The quantitative estimate of drug-likeness (QED) is 0.526. The van der Waals surface area contributed by atoms with Gasteiger partial charge in [-0.25, -0.2) is 0 Å². The van der Waals surface area contributed by atoms with Gasteiger partial charge in [-0.05, 0) is 49.5 Å². The molecule has 1 aromatic carbocycles. The van der Waals surface area contributed by atoms with Crippen LogP contribution in [0.3, 0.4) is 0 Å². The molecule has 1 aliphatic rings. The summed E-state index contributed by atoms with van der Waals surface area (Å²) in [6.07, 6.45) is 2.94. The van der Waals surface area contributed by atoms with Gasteiger partial charge in [0.25, 0.3) is 5.91 Å². The van der Waals surface area contributed by atoms with Crippen LogP contribution in [0.4, 0.5) is 17.5 Å². The summed E-state index contributed by atoms with van der Waals surface area (Å²) in [5.41, 5.74) is 7.21. The maximum atomic E-state index is 11.7. The number of aromatic nitrogens is 3. The van der Waals surface area contributed by atoms with Crippen LogP contribution in [0.1, 0.15) is 35.8 Å². The fourth-order valence-corrected chi connectivity index (χ4v) is 3.48. The zero-order chi connectivity index (χ0) is 21.0. The Labute approximate surface area is 169 Å². The molecule has 152 valence electrons. The van der Waals surface area contributed by atoms with Crippen molar-refractivity contribution < 1.29 is 9.59 Å². The largest absolute Gasteiger partial charge is 0.364 e. The van der Waals surface area contributed by atoms with Crippen molar-refractivity contribution in [1.29, 1.82) is 0 Å². The minimum absolute atomic E-state index is 0.0346. The molecule has 3 rings (SSSR count). The van der Waals surface area contributed by atoms with Crippen LogP contribution in [0, 0.1) is 12.8 Å². The number of nitrogens with two attached hydrogens (primary N) is 1. The predicted molar refractivity (Wildman–Crippen MR) is 111 cm³/mol. The third-order valence-corrected chi connectivity index (χ3v) is 5.09. The lowest BCUT2D eigenvalue weighted by atomic mass is 10.0. The summed E-state index contributed by atoms with van der Waals surface area (Å²) in [6.45, 7) is 7.50. The molecule has 0 spiro atoms. The first kappa shape index (κ1) is 20.2. The van der Waals surface area contributed by atoms with Crippen LogP contribution in [-0.4, -0.2) is 39.1 Å². The number of hydrogen-bond donors (Lipinski definition) is 4. The summed E-state index contributed by atoms with van der Waals surface area (Å²) < 4.78 is 0. The topological polar surface area (TPSA) is 135 Å². The smallest absolute Gasteiger partial charge is 0.273 e. The van der Waals surface area contributed by atoms with Crippen molar-refractivity contribution in [1.82, 2.24) is 20.5 Å². The van der Waals surface area contributed by atoms with Crippen LogP contribution in [-0.2, 0) is 4.79 Å². The van der Waals surface area contributed by atoms with Gasteiger partial charge in [0, 0.05) is 17.8 Å².